The molecular weight excluding hydrogens is 626 g/mol. The molecule has 0 unspecified atom stereocenters. The molecule has 44 heavy (non-hydrogen) atoms. The van der Waals surface area contributed by atoms with E-state index in [0.29, 0.717) is 55.9 Å². The van der Waals surface area contributed by atoms with Gasteiger partial charge in [0, 0.05) is 51.7 Å². The fourth-order valence-corrected chi connectivity index (χ4v) is 6.08. The summed E-state index contributed by atoms with van der Waals surface area (Å²) in [4.78, 5) is 41.7. The number of carbonyl (C=O) groups excluding carboxylic acids is 2. The van der Waals surface area contributed by atoms with Crippen LogP contribution in [0, 0.1) is 0 Å². The molecule has 0 radical (unpaired) electrons. The molecule has 210 valence electrons. The summed E-state index contributed by atoms with van der Waals surface area (Å²) in [6.07, 6.45) is 0. The van der Waals surface area contributed by atoms with Gasteiger partial charge in [-0.05, 0) is 54.1 Å². The van der Waals surface area contributed by atoms with Gasteiger partial charge in [-0.1, -0.05) is 36.4 Å². The van der Waals surface area contributed by atoms with E-state index in [0.717, 1.165) is 12.1 Å². The maximum Gasteiger partial charge on any atom is 1.00 e. The molecule has 10 nitrogen and oxygen atoms in total. The van der Waals surface area contributed by atoms with Gasteiger partial charge < -0.3 is 24.0 Å². The molecule has 14 heteroatoms. The summed E-state index contributed by atoms with van der Waals surface area (Å²) in [5, 5.41) is 14.2. The number of benzene rings is 4. The number of carbonyl (C=O) groups is 2. The van der Waals surface area contributed by atoms with Crippen LogP contribution in [0.4, 0.5) is 11.4 Å². The number of aryl methyl sites for hydroxylation is 1. The zero-order valence-corrected chi connectivity index (χ0v) is 29.2. The minimum Gasteiger partial charge on any atom is -0.744 e. The Balaban J connectivity index is 0.00000221. The third-order valence-corrected chi connectivity index (χ3v) is 8.47. The van der Waals surface area contributed by atoms with E-state index >= 15 is 0 Å². The van der Waals surface area contributed by atoms with Crippen LogP contribution in [0.25, 0.3) is 22.0 Å². The minimum atomic E-state index is -4.64. The number of ketones is 2. The van der Waals surface area contributed by atoms with Gasteiger partial charge in [0.05, 0.1) is 27.2 Å². The normalized spacial score (nSPS) is 11.8. The number of nitrogens with zero attached hydrogens (tertiary/aromatic N) is 1. The van der Waals surface area contributed by atoms with Crippen LogP contribution in [-0.4, -0.2) is 29.1 Å². The van der Waals surface area contributed by atoms with Gasteiger partial charge in [0.25, 0.3) is 5.56 Å². The van der Waals surface area contributed by atoms with Crippen molar-refractivity contribution in [2.75, 3.05) is 5.32 Å². The summed E-state index contributed by atoms with van der Waals surface area (Å²) in [5.41, 5.74) is 1.87. The van der Waals surface area contributed by atoms with Gasteiger partial charge in [0.15, 0.2) is 11.6 Å². The van der Waals surface area contributed by atoms with E-state index in [1.807, 2.05) is 0 Å². The molecule has 0 saturated heterocycles. The summed E-state index contributed by atoms with van der Waals surface area (Å²) in [6, 6.07) is 21.2. The first-order chi connectivity index (χ1) is 20.1. The van der Waals surface area contributed by atoms with Crippen LogP contribution in [-0.2, 0) is 21.5 Å². The van der Waals surface area contributed by atoms with Crippen molar-refractivity contribution in [2.45, 2.75) is 9.79 Å². The van der Waals surface area contributed by atoms with E-state index in [4.69, 9.17) is 0 Å². The Labute approximate surface area is 299 Å². The quantitative estimate of drug-likeness (QED) is 0.0512. The Morgan fingerprint density at radius 3 is 2.23 bits per heavy atom. The van der Waals surface area contributed by atoms with Crippen molar-refractivity contribution in [2.24, 2.45) is 7.05 Å². The van der Waals surface area contributed by atoms with E-state index in [1.54, 1.807) is 48.5 Å². The predicted octanol–water partition coefficient (Wildman–Crippen LogP) is -2.06. The second-order valence-electron chi connectivity index (χ2n) is 9.48. The van der Waals surface area contributed by atoms with Crippen molar-refractivity contribution in [3.63, 3.8) is 0 Å². The second kappa shape index (κ2) is 13.4. The molecule has 4 aromatic carbocycles. The minimum absolute atomic E-state index is 0. The molecule has 0 aliphatic heterocycles. The third kappa shape index (κ3) is 6.00. The fourth-order valence-electron chi connectivity index (χ4n) is 5.22. The third-order valence-electron chi connectivity index (χ3n) is 7.11. The molecule has 1 heterocycles. The SMILES string of the molecule is Cn1c(=O)c(C(=O)c2cccc(SO[O-])c2)c2c3c(c(Nc4ccc(S(=O)(=O)[O-])cc4)ccc31)C(=O)c1ccccc1-2.[Na+].[Na+]. The van der Waals surface area contributed by atoms with E-state index in [-0.39, 0.29) is 81.6 Å². The zero-order chi connectivity index (χ0) is 29.8. The molecule has 0 atom stereocenters. The van der Waals surface area contributed by atoms with Gasteiger partial charge in [0.1, 0.15) is 10.1 Å². The van der Waals surface area contributed by atoms with E-state index < -0.39 is 26.4 Å². The van der Waals surface area contributed by atoms with Crippen molar-refractivity contribution < 1.29 is 91.3 Å². The van der Waals surface area contributed by atoms with E-state index in [2.05, 4.69) is 9.65 Å². The second-order valence-corrected chi connectivity index (χ2v) is 11.6. The van der Waals surface area contributed by atoms with Gasteiger partial charge in [-0.25, -0.2) is 8.42 Å². The van der Waals surface area contributed by atoms with Crippen LogP contribution in [0.2, 0.25) is 0 Å². The molecule has 1 N–H and O–H groups in total. The van der Waals surface area contributed by atoms with Crippen LogP contribution in [0.15, 0.2) is 99.5 Å². The van der Waals surface area contributed by atoms with Gasteiger partial charge in [-0.15, -0.1) is 0 Å². The monoisotopic (exact) mass is 644 g/mol. The molecule has 1 aromatic heterocycles. The first-order valence-electron chi connectivity index (χ1n) is 12.4. The largest absolute Gasteiger partial charge is 1.00 e. The molecular formula is C30H18N2Na2O8S2. The van der Waals surface area contributed by atoms with Gasteiger partial charge in [-0.3, -0.25) is 14.4 Å². The number of hydrogen-bond donors (Lipinski definition) is 1. The molecule has 0 amide bonds. The molecule has 1 aliphatic rings. The van der Waals surface area contributed by atoms with Gasteiger partial charge >= 0.3 is 59.1 Å². The predicted molar refractivity (Wildman–Crippen MR) is 153 cm³/mol. The van der Waals surface area contributed by atoms with E-state index in [9.17, 15) is 32.6 Å². The van der Waals surface area contributed by atoms with Crippen LogP contribution in [0.3, 0.4) is 0 Å². The van der Waals surface area contributed by atoms with Crippen molar-refractivity contribution in [1.29, 1.82) is 0 Å². The first-order valence-corrected chi connectivity index (χ1v) is 14.5. The Morgan fingerprint density at radius 2 is 1.57 bits per heavy atom. The number of fused-ring (bicyclic) bond motifs is 2. The summed E-state index contributed by atoms with van der Waals surface area (Å²) < 4.78 is 39.3. The molecule has 5 aromatic rings. The summed E-state index contributed by atoms with van der Waals surface area (Å²) in [5.74, 6) is -0.934. The number of pyridine rings is 1. The van der Waals surface area contributed by atoms with Gasteiger partial charge in [0.2, 0.25) is 0 Å². The molecule has 1 aliphatic carbocycles. The van der Waals surface area contributed by atoms with Gasteiger partial charge in [-0.2, -0.15) is 0 Å². The molecule has 0 saturated carbocycles. The topological polar surface area (TPSA) is 158 Å². The molecule has 0 fully saturated rings. The Kier molecular flexibility index (Phi) is 10.5. The number of hydrogen-bond acceptors (Lipinski definition) is 10. The maximum atomic E-state index is 14.0. The number of rotatable bonds is 7. The molecule has 6 rings (SSSR count). The van der Waals surface area contributed by atoms with Crippen LogP contribution in [0.5, 0.6) is 0 Å². The number of anilines is 2. The Morgan fingerprint density at radius 1 is 0.886 bits per heavy atom. The summed E-state index contributed by atoms with van der Waals surface area (Å²) >= 11 is 0.535. The van der Waals surface area contributed by atoms with Crippen molar-refractivity contribution in [1.82, 2.24) is 4.57 Å². The molecule has 0 bridgehead atoms. The maximum absolute atomic E-state index is 14.0. The number of aromatic nitrogens is 1. The zero-order valence-electron chi connectivity index (χ0n) is 23.6. The average Bonchev–Trinajstić information content (AvgIpc) is 2.98. The summed E-state index contributed by atoms with van der Waals surface area (Å²) in [7, 11) is -3.13. The number of nitrogens with one attached hydrogen (secondary N) is 1. The first kappa shape index (κ1) is 34.3. The Hall–Kier alpha value is -2.59. The van der Waals surface area contributed by atoms with Crippen LogP contribution < -0.4 is 75.2 Å². The fraction of sp³-hybridized carbons (Fsp3) is 0.0333. The standard InChI is InChI=1S/C30H20N2O8S2.2Na/c1-32-23-14-13-22(31-17-9-11-19(12-10-17)42(37,38)39)25-26(23)24(20-7-2-3-8-21(20)29(25)34)27(30(32)35)28(33)16-5-4-6-18(15-16)41-40-36;;/h2-15,31,36H,1H3,(H,37,38,39);;/q;2*+1/p-2. The van der Waals surface area contributed by atoms with Crippen molar-refractivity contribution in [3.8, 4) is 11.1 Å². The average molecular weight is 645 g/mol. The van der Waals surface area contributed by atoms with Crippen LogP contribution in [0.1, 0.15) is 31.8 Å². The molecule has 0 spiro atoms. The summed E-state index contributed by atoms with van der Waals surface area (Å²) in [6.45, 7) is 0. The Bertz CT molecular complexity index is 2130. The van der Waals surface area contributed by atoms with Crippen molar-refractivity contribution >= 4 is 56.0 Å². The smallest absolute Gasteiger partial charge is 0.744 e. The van der Waals surface area contributed by atoms with Crippen molar-refractivity contribution in [3.05, 3.63) is 118 Å². The van der Waals surface area contributed by atoms with E-state index in [1.165, 1.54) is 35.9 Å². The van der Waals surface area contributed by atoms with Crippen LogP contribution >= 0.6 is 12.0 Å².